The van der Waals surface area contributed by atoms with Crippen molar-refractivity contribution in [3.8, 4) is 0 Å². The largest absolute Gasteiger partial charge is 0.122 e. The standard InChI is InChI=1S/C14H22Cl2/c1-3-5-13(15)11-7-9-12(10-8-11)14(16)6-4-2/h7-14H,3-6H2,1-2H3. The van der Waals surface area contributed by atoms with Gasteiger partial charge in [0.05, 0.1) is 0 Å². The molecule has 2 atom stereocenters. The van der Waals surface area contributed by atoms with Crippen molar-refractivity contribution in [1.82, 2.24) is 0 Å². The van der Waals surface area contributed by atoms with Crippen LogP contribution in [0.15, 0.2) is 24.3 Å². The van der Waals surface area contributed by atoms with Gasteiger partial charge >= 0.3 is 0 Å². The van der Waals surface area contributed by atoms with Crippen LogP contribution >= 0.6 is 23.2 Å². The number of alkyl halides is 2. The molecule has 0 aromatic carbocycles. The Labute approximate surface area is 110 Å². The van der Waals surface area contributed by atoms with Gasteiger partial charge in [-0.05, 0) is 12.8 Å². The van der Waals surface area contributed by atoms with E-state index in [0.29, 0.717) is 11.8 Å². The van der Waals surface area contributed by atoms with Gasteiger partial charge in [-0.1, -0.05) is 51.0 Å². The lowest BCUT2D eigenvalue weighted by Gasteiger charge is -2.23. The first-order chi connectivity index (χ1) is 7.69. The van der Waals surface area contributed by atoms with Gasteiger partial charge in [0.1, 0.15) is 0 Å². The maximum atomic E-state index is 6.31. The molecule has 1 aliphatic carbocycles. The van der Waals surface area contributed by atoms with Gasteiger partial charge in [0.2, 0.25) is 0 Å². The number of hydrogen-bond donors (Lipinski definition) is 0. The van der Waals surface area contributed by atoms with Crippen LogP contribution in [0.2, 0.25) is 0 Å². The summed E-state index contributed by atoms with van der Waals surface area (Å²) in [5, 5.41) is 0.469. The zero-order valence-electron chi connectivity index (χ0n) is 10.2. The fourth-order valence-corrected chi connectivity index (χ4v) is 2.83. The van der Waals surface area contributed by atoms with Crippen molar-refractivity contribution in [1.29, 1.82) is 0 Å². The first-order valence-corrected chi connectivity index (χ1v) is 7.21. The summed E-state index contributed by atoms with van der Waals surface area (Å²) in [6.45, 7) is 4.34. The van der Waals surface area contributed by atoms with Gasteiger partial charge in [-0.2, -0.15) is 0 Å². The minimum atomic E-state index is 0.235. The van der Waals surface area contributed by atoms with Crippen LogP contribution in [-0.4, -0.2) is 10.8 Å². The molecule has 0 bridgehead atoms. The van der Waals surface area contributed by atoms with Crippen LogP contribution in [0.4, 0.5) is 0 Å². The Morgan fingerprint density at radius 1 is 0.812 bits per heavy atom. The third kappa shape index (κ3) is 4.14. The molecule has 0 aromatic heterocycles. The molecular formula is C14H22Cl2. The number of halogens is 2. The number of rotatable bonds is 6. The molecule has 0 amide bonds. The Balaban J connectivity index is 2.45. The topological polar surface area (TPSA) is 0 Å². The second kappa shape index (κ2) is 7.40. The van der Waals surface area contributed by atoms with Crippen LogP contribution < -0.4 is 0 Å². The van der Waals surface area contributed by atoms with E-state index < -0.39 is 0 Å². The van der Waals surface area contributed by atoms with E-state index in [9.17, 15) is 0 Å². The summed E-state index contributed by atoms with van der Waals surface area (Å²) < 4.78 is 0. The third-order valence-corrected chi connectivity index (χ3v) is 4.09. The molecular weight excluding hydrogens is 239 g/mol. The van der Waals surface area contributed by atoms with Gasteiger partial charge in [0.25, 0.3) is 0 Å². The highest BCUT2D eigenvalue weighted by Crippen LogP contribution is 2.28. The minimum Gasteiger partial charge on any atom is -0.122 e. The number of hydrogen-bond acceptors (Lipinski definition) is 0. The molecule has 0 heterocycles. The molecule has 92 valence electrons. The van der Waals surface area contributed by atoms with Gasteiger partial charge in [-0.15, -0.1) is 23.2 Å². The Morgan fingerprint density at radius 3 is 1.38 bits per heavy atom. The second-order valence-electron chi connectivity index (χ2n) is 4.53. The summed E-state index contributed by atoms with van der Waals surface area (Å²) in [5.74, 6) is 0.784. The molecule has 0 saturated heterocycles. The van der Waals surface area contributed by atoms with Crippen molar-refractivity contribution in [2.24, 2.45) is 11.8 Å². The highest BCUT2D eigenvalue weighted by atomic mass is 35.5. The highest BCUT2D eigenvalue weighted by Gasteiger charge is 2.20. The van der Waals surface area contributed by atoms with Crippen LogP contribution in [-0.2, 0) is 0 Å². The van der Waals surface area contributed by atoms with Crippen LogP contribution in [0.1, 0.15) is 39.5 Å². The molecule has 0 saturated carbocycles. The summed E-state index contributed by atoms with van der Waals surface area (Å²) in [6.07, 6.45) is 13.3. The first-order valence-electron chi connectivity index (χ1n) is 6.33. The minimum absolute atomic E-state index is 0.235. The molecule has 0 radical (unpaired) electrons. The van der Waals surface area contributed by atoms with E-state index in [1.54, 1.807) is 0 Å². The van der Waals surface area contributed by atoms with Crippen molar-refractivity contribution in [3.63, 3.8) is 0 Å². The van der Waals surface area contributed by atoms with E-state index in [2.05, 4.69) is 38.2 Å². The lowest BCUT2D eigenvalue weighted by molar-refractivity contribution is 0.604. The Hall–Kier alpha value is 0.0600. The van der Waals surface area contributed by atoms with E-state index >= 15 is 0 Å². The van der Waals surface area contributed by atoms with Crippen molar-refractivity contribution < 1.29 is 0 Å². The fraction of sp³-hybridized carbons (Fsp3) is 0.714. The van der Waals surface area contributed by atoms with Crippen molar-refractivity contribution >= 4 is 23.2 Å². The summed E-state index contributed by atoms with van der Waals surface area (Å²) in [5.41, 5.74) is 0. The van der Waals surface area contributed by atoms with E-state index in [4.69, 9.17) is 23.2 Å². The molecule has 0 spiro atoms. The maximum absolute atomic E-state index is 6.31. The van der Waals surface area contributed by atoms with E-state index in [-0.39, 0.29) is 10.8 Å². The molecule has 1 rings (SSSR count). The molecule has 0 N–H and O–H groups in total. The normalized spacial score (nSPS) is 28.0. The van der Waals surface area contributed by atoms with Crippen LogP contribution in [0, 0.1) is 11.8 Å². The van der Waals surface area contributed by atoms with Gasteiger partial charge in [-0.3, -0.25) is 0 Å². The zero-order valence-corrected chi connectivity index (χ0v) is 11.7. The van der Waals surface area contributed by atoms with E-state index in [0.717, 1.165) is 25.7 Å². The monoisotopic (exact) mass is 260 g/mol. The average Bonchev–Trinajstić information content (AvgIpc) is 2.30. The lowest BCUT2D eigenvalue weighted by atomic mass is 9.89. The van der Waals surface area contributed by atoms with Gasteiger partial charge in [0.15, 0.2) is 0 Å². The molecule has 0 aliphatic heterocycles. The molecule has 0 aromatic rings. The Kier molecular flexibility index (Phi) is 6.53. The van der Waals surface area contributed by atoms with E-state index in [1.807, 2.05) is 0 Å². The quantitative estimate of drug-likeness (QED) is 0.457. The summed E-state index contributed by atoms with van der Waals surface area (Å²) in [4.78, 5) is 0. The molecule has 0 nitrogen and oxygen atoms in total. The highest BCUT2D eigenvalue weighted by molar-refractivity contribution is 6.21. The van der Waals surface area contributed by atoms with Crippen LogP contribution in [0.5, 0.6) is 0 Å². The number of allylic oxidation sites excluding steroid dienone is 4. The third-order valence-electron chi connectivity index (χ3n) is 3.08. The predicted octanol–water partition coefficient (Wildman–Crippen LogP) is 5.16. The summed E-state index contributed by atoms with van der Waals surface area (Å²) in [7, 11) is 0. The van der Waals surface area contributed by atoms with Crippen LogP contribution in [0.25, 0.3) is 0 Å². The molecule has 1 aliphatic rings. The van der Waals surface area contributed by atoms with Gasteiger partial charge in [-0.25, -0.2) is 0 Å². The van der Waals surface area contributed by atoms with E-state index in [1.165, 1.54) is 0 Å². The summed E-state index contributed by atoms with van der Waals surface area (Å²) >= 11 is 12.6. The molecule has 2 heteroatoms. The maximum Gasteiger partial charge on any atom is 0.0433 e. The zero-order chi connectivity index (χ0) is 12.0. The second-order valence-corrected chi connectivity index (χ2v) is 5.66. The van der Waals surface area contributed by atoms with Crippen molar-refractivity contribution in [3.05, 3.63) is 24.3 Å². The van der Waals surface area contributed by atoms with Crippen molar-refractivity contribution in [2.45, 2.75) is 50.3 Å². The predicted molar refractivity (Wildman–Crippen MR) is 74.4 cm³/mol. The lowest BCUT2D eigenvalue weighted by Crippen LogP contribution is -2.17. The van der Waals surface area contributed by atoms with Crippen LogP contribution in [0.3, 0.4) is 0 Å². The fourth-order valence-electron chi connectivity index (χ4n) is 2.06. The summed E-state index contributed by atoms with van der Waals surface area (Å²) in [6, 6.07) is 0. The Morgan fingerprint density at radius 2 is 1.12 bits per heavy atom. The first kappa shape index (κ1) is 14.1. The molecule has 0 fully saturated rings. The van der Waals surface area contributed by atoms with Crippen molar-refractivity contribution in [2.75, 3.05) is 0 Å². The van der Waals surface area contributed by atoms with Gasteiger partial charge in [0, 0.05) is 22.6 Å². The average molecular weight is 261 g/mol. The smallest absolute Gasteiger partial charge is 0.0433 e. The van der Waals surface area contributed by atoms with Gasteiger partial charge < -0.3 is 0 Å². The molecule has 16 heavy (non-hydrogen) atoms. The molecule has 2 unspecified atom stereocenters. The Bertz CT molecular complexity index is 207. The SMILES string of the molecule is CCCC(Cl)C1C=CC(C(Cl)CCC)C=C1.